The van der Waals surface area contributed by atoms with Gasteiger partial charge in [-0.15, -0.1) is 13.2 Å². The number of benzene rings is 2. The van der Waals surface area contributed by atoms with E-state index in [4.69, 9.17) is 5.73 Å². The molecular formula is C14H12BrF3N2O. The number of anilines is 3. The quantitative estimate of drug-likeness (QED) is 0.758. The van der Waals surface area contributed by atoms with Crippen molar-refractivity contribution >= 4 is 33.0 Å². The lowest BCUT2D eigenvalue weighted by atomic mass is 10.1. The Hall–Kier alpha value is -1.89. The average molecular weight is 361 g/mol. The molecule has 0 saturated heterocycles. The maximum absolute atomic E-state index is 12.4. The second-order valence-electron chi connectivity index (χ2n) is 4.39. The smallest absolute Gasteiger partial charge is 0.404 e. The van der Waals surface area contributed by atoms with E-state index in [9.17, 15) is 13.2 Å². The van der Waals surface area contributed by atoms with Crippen LogP contribution in [0.1, 0.15) is 5.56 Å². The molecule has 0 fully saturated rings. The van der Waals surface area contributed by atoms with E-state index in [2.05, 4.69) is 26.0 Å². The Labute approximate surface area is 128 Å². The molecule has 0 aromatic heterocycles. The van der Waals surface area contributed by atoms with Crippen molar-refractivity contribution in [2.24, 2.45) is 0 Å². The number of rotatable bonds is 3. The van der Waals surface area contributed by atoms with Gasteiger partial charge in [0.05, 0.1) is 5.69 Å². The van der Waals surface area contributed by atoms with Crippen molar-refractivity contribution in [1.29, 1.82) is 0 Å². The normalized spacial score (nSPS) is 11.3. The Bertz CT molecular complexity index is 659. The van der Waals surface area contributed by atoms with Gasteiger partial charge >= 0.3 is 6.36 Å². The molecular weight excluding hydrogens is 349 g/mol. The number of hydrogen-bond donors (Lipinski definition) is 2. The molecule has 0 aliphatic heterocycles. The van der Waals surface area contributed by atoms with Gasteiger partial charge < -0.3 is 15.8 Å². The third kappa shape index (κ3) is 4.29. The van der Waals surface area contributed by atoms with Gasteiger partial charge in [-0.25, -0.2) is 0 Å². The minimum atomic E-state index is -4.76. The first-order valence-electron chi connectivity index (χ1n) is 5.93. The van der Waals surface area contributed by atoms with Crippen LogP contribution in [0.3, 0.4) is 0 Å². The van der Waals surface area contributed by atoms with Crippen LogP contribution in [0.25, 0.3) is 0 Å². The molecule has 21 heavy (non-hydrogen) atoms. The fourth-order valence-electron chi connectivity index (χ4n) is 1.73. The van der Waals surface area contributed by atoms with Crippen LogP contribution in [0.2, 0.25) is 0 Å². The number of hydrogen-bond acceptors (Lipinski definition) is 3. The van der Waals surface area contributed by atoms with Gasteiger partial charge in [0.15, 0.2) is 5.75 Å². The van der Waals surface area contributed by atoms with E-state index < -0.39 is 6.36 Å². The Balaban J connectivity index is 2.37. The maximum Gasteiger partial charge on any atom is 0.573 e. The summed E-state index contributed by atoms with van der Waals surface area (Å²) in [6.45, 7) is 1.82. The highest BCUT2D eigenvalue weighted by molar-refractivity contribution is 9.10. The molecule has 0 radical (unpaired) electrons. The monoisotopic (exact) mass is 360 g/mol. The van der Waals surface area contributed by atoms with E-state index in [1.54, 1.807) is 24.3 Å². The molecule has 3 N–H and O–H groups in total. The molecule has 0 aliphatic carbocycles. The molecule has 0 heterocycles. The van der Waals surface area contributed by atoms with Crippen LogP contribution in [0, 0.1) is 6.92 Å². The van der Waals surface area contributed by atoms with Crippen molar-refractivity contribution in [2.75, 3.05) is 11.1 Å². The minimum Gasteiger partial charge on any atom is -0.404 e. The van der Waals surface area contributed by atoms with Crippen molar-refractivity contribution < 1.29 is 17.9 Å². The van der Waals surface area contributed by atoms with Gasteiger partial charge in [-0.1, -0.05) is 22.0 Å². The Kier molecular flexibility index (Phi) is 4.32. The molecule has 112 valence electrons. The van der Waals surface area contributed by atoms with Crippen molar-refractivity contribution in [1.82, 2.24) is 0 Å². The summed E-state index contributed by atoms with van der Waals surface area (Å²) >= 11 is 3.12. The highest BCUT2D eigenvalue weighted by Gasteiger charge is 2.32. The summed E-state index contributed by atoms with van der Waals surface area (Å²) in [4.78, 5) is 0. The average Bonchev–Trinajstić information content (AvgIpc) is 2.35. The van der Waals surface area contributed by atoms with Crippen LogP contribution in [-0.2, 0) is 0 Å². The number of aryl methyl sites for hydroxylation is 1. The lowest BCUT2D eigenvalue weighted by Gasteiger charge is -2.16. The molecule has 2 aromatic carbocycles. The van der Waals surface area contributed by atoms with Crippen LogP contribution in [0.4, 0.5) is 30.2 Å². The van der Waals surface area contributed by atoms with Gasteiger partial charge in [0, 0.05) is 15.8 Å². The number of halogens is 4. The third-order valence-electron chi connectivity index (χ3n) is 2.70. The molecule has 7 heteroatoms. The zero-order chi connectivity index (χ0) is 15.6. The second-order valence-corrected chi connectivity index (χ2v) is 5.30. The predicted octanol–water partition coefficient (Wildman–Crippen LogP) is 4.98. The molecule has 2 aromatic rings. The van der Waals surface area contributed by atoms with Gasteiger partial charge in [0.1, 0.15) is 0 Å². The highest BCUT2D eigenvalue weighted by Crippen LogP contribution is 2.35. The second kappa shape index (κ2) is 5.85. The fraction of sp³-hybridized carbons (Fsp3) is 0.143. The van der Waals surface area contributed by atoms with E-state index in [-0.39, 0.29) is 11.4 Å². The van der Waals surface area contributed by atoms with E-state index >= 15 is 0 Å². The molecule has 0 bridgehead atoms. The van der Waals surface area contributed by atoms with Gasteiger partial charge in [-0.3, -0.25) is 0 Å². The van der Waals surface area contributed by atoms with Crippen molar-refractivity contribution in [3.63, 3.8) is 0 Å². The third-order valence-corrected chi connectivity index (χ3v) is 3.19. The summed E-state index contributed by atoms with van der Waals surface area (Å²) in [6, 6.07) is 9.50. The summed E-state index contributed by atoms with van der Waals surface area (Å²) in [6.07, 6.45) is -4.76. The zero-order valence-corrected chi connectivity index (χ0v) is 12.5. The number of nitrogen functional groups attached to an aromatic ring is 1. The Morgan fingerprint density at radius 3 is 2.48 bits per heavy atom. The topological polar surface area (TPSA) is 47.3 Å². The highest BCUT2D eigenvalue weighted by atomic mass is 79.9. The lowest BCUT2D eigenvalue weighted by Crippen LogP contribution is -2.18. The first-order chi connectivity index (χ1) is 9.74. The van der Waals surface area contributed by atoms with Crippen LogP contribution in [-0.4, -0.2) is 6.36 Å². The SMILES string of the molecule is Cc1ccc(N)cc1Nc1ccc(Br)cc1OC(F)(F)F. The van der Waals surface area contributed by atoms with Gasteiger partial charge in [-0.05, 0) is 42.8 Å². The molecule has 0 unspecified atom stereocenters. The van der Waals surface area contributed by atoms with Gasteiger partial charge in [-0.2, -0.15) is 0 Å². The molecule has 0 saturated carbocycles. The van der Waals surface area contributed by atoms with Crippen molar-refractivity contribution in [3.05, 3.63) is 46.4 Å². The summed E-state index contributed by atoms with van der Waals surface area (Å²) in [5.74, 6) is -0.321. The van der Waals surface area contributed by atoms with E-state index in [1.165, 1.54) is 12.1 Å². The fourth-order valence-corrected chi connectivity index (χ4v) is 2.07. The molecule has 0 atom stereocenters. The molecule has 0 amide bonds. The van der Waals surface area contributed by atoms with E-state index in [0.29, 0.717) is 15.8 Å². The maximum atomic E-state index is 12.4. The molecule has 2 rings (SSSR count). The van der Waals surface area contributed by atoms with Crippen LogP contribution in [0.15, 0.2) is 40.9 Å². The largest absolute Gasteiger partial charge is 0.573 e. The van der Waals surface area contributed by atoms with E-state index in [0.717, 1.165) is 5.56 Å². The summed E-state index contributed by atoms with van der Waals surface area (Å²) < 4.78 is 41.9. The van der Waals surface area contributed by atoms with Crippen LogP contribution in [0.5, 0.6) is 5.75 Å². The molecule has 3 nitrogen and oxygen atoms in total. The van der Waals surface area contributed by atoms with E-state index in [1.807, 2.05) is 6.92 Å². The predicted molar refractivity (Wildman–Crippen MR) is 79.7 cm³/mol. The summed E-state index contributed by atoms with van der Waals surface area (Å²) in [5, 5.41) is 2.91. The minimum absolute atomic E-state index is 0.198. The summed E-state index contributed by atoms with van der Waals surface area (Å²) in [5.41, 5.74) is 7.86. The first kappa shape index (κ1) is 15.5. The van der Waals surface area contributed by atoms with Gasteiger partial charge in [0.2, 0.25) is 0 Å². The lowest BCUT2D eigenvalue weighted by molar-refractivity contribution is -0.274. The van der Waals surface area contributed by atoms with Crippen LogP contribution >= 0.6 is 15.9 Å². The molecule has 0 spiro atoms. The number of nitrogens with two attached hydrogens (primary N) is 1. The number of nitrogens with one attached hydrogen (secondary N) is 1. The van der Waals surface area contributed by atoms with Crippen molar-refractivity contribution in [2.45, 2.75) is 13.3 Å². The summed E-state index contributed by atoms with van der Waals surface area (Å²) in [7, 11) is 0. The standard InChI is InChI=1S/C14H12BrF3N2O/c1-8-2-4-10(19)7-12(8)20-11-5-3-9(15)6-13(11)21-14(16,17)18/h2-7,20H,19H2,1H3. The Morgan fingerprint density at radius 2 is 1.81 bits per heavy atom. The zero-order valence-electron chi connectivity index (χ0n) is 11.0. The number of ether oxygens (including phenoxy) is 1. The first-order valence-corrected chi connectivity index (χ1v) is 6.72. The van der Waals surface area contributed by atoms with Crippen molar-refractivity contribution in [3.8, 4) is 5.75 Å². The van der Waals surface area contributed by atoms with Crippen LogP contribution < -0.4 is 15.8 Å². The molecule has 0 aliphatic rings. The number of alkyl halides is 3. The van der Waals surface area contributed by atoms with Gasteiger partial charge in [0.25, 0.3) is 0 Å². The Morgan fingerprint density at radius 1 is 1.10 bits per heavy atom.